The summed E-state index contributed by atoms with van der Waals surface area (Å²) in [4.78, 5) is 0. The Morgan fingerprint density at radius 2 is 1.95 bits per heavy atom. The Bertz CT molecular complexity index is 442. The number of rotatable bonds is 5. The molecule has 2 unspecified atom stereocenters. The Labute approximate surface area is 124 Å². The average molecular weight is 299 g/mol. The molecule has 0 amide bonds. The van der Waals surface area contributed by atoms with Gasteiger partial charge in [-0.2, -0.15) is 13.2 Å². The summed E-state index contributed by atoms with van der Waals surface area (Å²) in [6, 6.07) is 5.81. The molecule has 118 valence electrons. The number of alkyl halides is 3. The zero-order chi connectivity index (χ0) is 15.3. The van der Waals surface area contributed by atoms with Crippen molar-refractivity contribution in [2.75, 3.05) is 6.54 Å². The zero-order valence-electron chi connectivity index (χ0n) is 12.5. The molecule has 1 aliphatic carbocycles. The summed E-state index contributed by atoms with van der Waals surface area (Å²) in [6.07, 6.45) is 1.95. The lowest BCUT2D eigenvalue weighted by Crippen LogP contribution is -2.22. The van der Waals surface area contributed by atoms with Crippen molar-refractivity contribution < 1.29 is 13.2 Å². The monoisotopic (exact) mass is 299 g/mol. The summed E-state index contributed by atoms with van der Waals surface area (Å²) in [5.74, 6) is 1.54. The maximum Gasteiger partial charge on any atom is 0.416 e. The summed E-state index contributed by atoms with van der Waals surface area (Å²) in [6.45, 7) is 3.38. The molecule has 1 fully saturated rings. The number of hydrogen-bond donors (Lipinski definition) is 1. The summed E-state index contributed by atoms with van der Waals surface area (Å²) in [7, 11) is 0. The first-order valence-corrected chi connectivity index (χ1v) is 7.82. The zero-order valence-corrected chi connectivity index (χ0v) is 12.5. The maximum absolute atomic E-state index is 12.9. The van der Waals surface area contributed by atoms with Gasteiger partial charge in [0, 0.05) is 6.54 Å². The third-order valence-corrected chi connectivity index (χ3v) is 4.41. The molecule has 0 saturated heterocycles. The van der Waals surface area contributed by atoms with E-state index in [-0.39, 0.29) is 6.54 Å². The number of benzene rings is 1. The summed E-state index contributed by atoms with van der Waals surface area (Å²) >= 11 is 0. The van der Waals surface area contributed by atoms with E-state index in [4.69, 9.17) is 0 Å². The Hall–Kier alpha value is -1.03. The van der Waals surface area contributed by atoms with Gasteiger partial charge < -0.3 is 5.32 Å². The molecule has 2 atom stereocenters. The molecule has 0 heterocycles. The first kappa shape index (κ1) is 16.3. The van der Waals surface area contributed by atoms with Crippen molar-refractivity contribution in [2.24, 2.45) is 11.8 Å². The van der Waals surface area contributed by atoms with Gasteiger partial charge in [-0.3, -0.25) is 0 Å². The molecule has 0 radical (unpaired) electrons. The second kappa shape index (κ2) is 7.30. The van der Waals surface area contributed by atoms with Crippen LogP contribution in [0.1, 0.15) is 50.2 Å². The van der Waals surface area contributed by atoms with Crippen LogP contribution >= 0.6 is 0 Å². The van der Waals surface area contributed by atoms with Crippen LogP contribution in [0.15, 0.2) is 24.3 Å². The van der Waals surface area contributed by atoms with Gasteiger partial charge in [0.15, 0.2) is 0 Å². The van der Waals surface area contributed by atoms with Crippen molar-refractivity contribution in [3.05, 3.63) is 35.4 Å². The summed E-state index contributed by atoms with van der Waals surface area (Å²) in [5, 5.41) is 3.18. The van der Waals surface area contributed by atoms with Crippen molar-refractivity contribution in [3.8, 4) is 0 Å². The molecule has 0 aliphatic heterocycles. The van der Waals surface area contributed by atoms with E-state index in [9.17, 15) is 13.2 Å². The molecule has 1 N–H and O–H groups in total. The van der Waals surface area contributed by atoms with Crippen molar-refractivity contribution in [1.29, 1.82) is 0 Å². The van der Waals surface area contributed by atoms with Gasteiger partial charge in [0.25, 0.3) is 0 Å². The van der Waals surface area contributed by atoms with Crippen LogP contribution in [-0.2, 0) is 12.7 Å². The molecule has 2 rings (SSSR count). The van der Waals surface area contributed by atoms with Crippen LogP contribution in [0.2, 0.25) is 0 Å². The Kier molecular flexibility index (Phi) is 5.68. The van der Waals surface area contributed by atoms with E-state index in [1.165, 1.54) is 31.7 Å². The van der Waals surface area contributed by atoms with E-state index in [0.29, 0.717) is 5.56 Å². The summed E-state index contributed by atoms with van der Waals surface area (Å²) < 4.78 is 38.6. The fourth-order valence-corrected chi connectivity index (χ4v) is 3.30. The third kappa shape index (κ3) is 5.03. The van der Waals surface area contributed by atoms with Gasteiger partial charge in [-0.05, 0) is 42.9 Å². The smallest absolute Gasteiger partial charge is 0.313 e. The highest BCUT2D eigenvalue weighted by Crippen LogP contribution is 2.32. The molecule has 1 aromatic rings. The second-order valence-electron chi connectivity index (χ2n) is 6.26. The van der Waals surface area contributed by atoms with Gasteiger partial charge in [0.2, 0.25) is 0 Å². The van der Waals surface area contributed by atoms with E-state index in [1.54, 1.807) is 12.1 Å². The van der Waals surface area contributed by atoms with E-state index in [1.807, 2.05) is 0 Å². The lowest BCUT2D eigenvalue weighted by Gasteiger charge is -2.26. The molecule has 1 aliphatic rings. The van der Waals surface area contributed by atoms with Gasteiger partial charge in [-0.15, -0.1) is 0 Å². The fraction of sp³-hybridized carbons (Fsp3) is 0.647. The predicted molar refractivity (Wildman–Crippen MR) is 78.9 cm³/mol. The standard InChI is InChI=1S/C17H24F3N/c1-13-5-4-6-14(11-13)9-10-21-12-15-7-2-3-8-16(15)17(18,19)20/h2-3,7-8,13-14,21H,4-6,9-12H2,1H3. The minimum atomic E-state index is -4.27. The average Bonchev–Trinajstić information content (AvgIpc) is 2.43. The molecule has 1 nitrogen and oxygen atoms in total. The van der Waals surface area contributed by atoms with E-state index >= 15 is 0 Å². The van der Waals surface area contributed by atoms with Crippen LogP contribution in [0.25, 0.3) is 0 Å². The highest BCUT2D eigenvalue weighted by molar-refractivity contribution is 5.29. The van der Waals surface area contributed by atoms with Gasteiger partial charge in [0.05, 0.1) is 5.56 Å². The van der Waals surface area contributed by atoms with Gasteiger partial charge in [-0.25, -0.2) is 0 Å². The van der Waals surface area contributed by atoms with Crippen LogP contribution in [0.5, 0.6) is 0 Å². The first-order chi connectivity index (χ1) is 9.97. The summed E-state index contributed by atoms with van der Waals surface area (Å²) in [5.41, 5.74) is -0.189. The van der Waals surface area contributed by atoms with E-state index in [2.05, 4.69) is 12.2 Å². The van der Waals surface area contributed by atoms with Gasteiger partial charge in [-0.1, -0.05) is 44.4 Å². The fourth-order valence-electron chi connectivity index (χ4n) is 3.30. The lowest BCUT2D eigenvalue weighted by atomic mass is 9.81. The highest BCUT2D eigenvalue weighted by Gasteiger charge is 2.32. The molecule has 21 heavy (non-hydrogen) atoms. The SMILES string of the molecule is CC1CCCC(CCNCc2ccccc2C(F)(F)F)C1. The number of nitrogens with one attached hydrogen (secondary N) is 1. The topological polar surface area (TPSA) is 12.0 Å². The first-order valence-electron chi connectivity index (χ1n) is 7.82. The molecular weight excluding hydrogens is 275 g/mol. The Morgan fingerprint density at radius 3 is 2.67 bits per heavy atom. The molecular formula is C17H24F3N. The van der Waals surface area contributed by atoms with Crippen LogP contribution in [0.4, 0.5) is 13.2 Å². The quantitative estimate of drug-likeness (QED) is 0.753. The molecule has 0 spiro atoms. The third-order valence-electron chi connectivity index (χ3n) is 4.41. The number of halogens is 3. The van der Waals surface area contributed by atoms with Gasteiger partial charge in [0.1, 0.15) is 0 Å². The van der Waals surface area contributed by atoms with E-state index < -0.39 is 11.7 Å². The van der Waals surface area contributed by atoms with Crippen molar-refractivity contribution in [1.82, 2.24) is 5.32 Å². The largest absolute Gasteiger partial charge is 0.416 e. The molecule has 1 saturated carbocycles. The number of hydrogen-bond acceptors (Lipinski definition) is 1. The molecule has 4 heteroatoms. The minimum absolute atomic E-state index is 0.290. The predicted octanol–water partition coefficient (Wildman–Crippen LogP) is 5.01. The van der Waals surface area contributed by atoms with Crippen LogP contribution in [0.3, 0.4) is 0 Å². The highest BCUT2D eigenvalue weighted by atomic mass is 19.4. The second-order valence-corrected chi connectivity index (χ2v) is 6.26. The van der Waals surface area contributed by atoms with Crippen molar-refractivity contribution in [2.45, 2.75) is 51.7 Å². The van der Waals surface area contributed by atoms with E-state index in [0.717, 1.165) is 30.9 Å². The van der Waals surface area contributed by atoms with Crippen LogP contribution in [0, 0.1) is 11.8 Å². The van der Waals surface area contributed by atoms with Gasteiger partial charge >= 0.3 is 6.18 Å². The molecule has 0 bridgehead atoms. The van der Waals surface area contributed by atoms with Crippen LogP contribution in [-0.4, -0.2) is 6.54 Å². The molecule has 1 aromatic carbocycles. The minimum Gasteiger partial charge on any atom is -0.313 e. The molecule has 0 aromatic heterocycles. The Morgan fingerprint density at radius 1 is 1.19 bits per heavy atom. The maximum atomic E-state index is 12.9. The normalized spacial score (nSPS) is 23.2. The van der Waals surface area contributed by atoms with Crippen molar-refractivity contribution >= 4 is 0 Å². The van der Waals surface area contributed by atoms with Crippen LogP contribution < -0.4 is 5.32 Å². The Balaban J connectivity index is 1.79. The lowest BCUT2D eigenvalue weighted by molar-refractivity contribution is -0.138. The van der Waals surface area contributed by atoms with Crippen molar-refractivity contribution in [3.63, 3.8) is 0 Å².